The second-order valence-electron chi connectivity index (χ2n) is 6.38. The Morgan fingerprint density at radius 3 is 2.62 bits per heavy atom. The highest BCUT2D eigenvalue weighted by Crippen LogP contribution is 2.27. The van der Waals surface area contributed by atoms with Gasteiger partial charge >= 0.3 is 6.18 Å². The van der Waals surface area contributed by atoms with Gasteiger partial charge in [0.2, 0.25) is 5.91 Å². The van der Waals surface area contributed by atoms with Crippen molar-refractivity contribution in [3.05, 3.63) is 47.0 Å². The number of halogens is 3. The van der Waals surface area contributed by atoms with Crippen molar-refractivity contribution < 1.29 is 22.7 Å². The molecule has 0 atom stereocenters. The van der Waals surface area contributed by atoms with Crippen molar-refractivity contribution in [2.24, 2.45) is 0 Å². The minimum absolute atomic E-state index is 0.119. The Kier molecular flexibility index (Phi) is 5.71. The lowest BCUT2D eigenvalue weighted by atomic mass is 10.1. The maximum atomic E-state index is 12.9. The average molecular weight is 407 g/mol. The van der Waals surface area contributed by atoms with Gasteiger partial charge in [0, 0.05) is 17.8 Å². The molecule has 10 heteroatoms. The van der Waals surface area contributed by atoms with Crippen molar-refractivity contribution in [1.82, 2.24) is 19.6 Å². The average Bonchev–Trinajstić information content (AvgIpc) is 3.08. The maximum Gasteiger partial charge on any atom is 0.453 e. The monoisotopic (exact) mass is 407 g/mol. The van der Waals surface area contributed by atoms with E-state index in [0.717, 1.165) is 4.52 Å². The molecule has 0 spiro atoms. The number of rotatable bonds is 6. The van der Waals surface area contributed by atoms with Gasteiger partial charge in [-0.2, -0.15) is 18.2 Å². The molecule has 1 aromatic carbocycles. The van der Waals surface area contributed by atoms with Gasteiger partial charge in [-0.15, -0.1) is 5.10 Å². The van der Waals surface area contributed by atoms with Gasteiger partial charge in [-0.25, -0.2) is 9.50 Å². The van der Waals surface area contributed by atoms with Crippen LogP contribution >= 0.6 is 0 Å². The van der Waals surface area contributed by atoms with Crippen molar-refractivity contribution in [2.75, 3.05) is 11.9 Å². The molecule has 1 N–H and O–H groups in total. The predicted molar refractivity (Wildman–Crippen MR) is 99.8 cm³/mol. The van der Waals surface area contributed by atoms with E-state index in [-0.39, 0.29) is 18.1 Å². The summed E-state index contributed by atoms with van der Waals surface area (Å²) in [6.45, 7) is 5.62. The number of carbonyl (C=O) groups is 1. The van der Waals surface area contributed by atoms with Crippen molar-refractivity contribution >= 4 is 17.4 Å². The highest BCUT2D eigenvalue weighted by molar-refractivity contribution is 5.92. The van der Waals surface area contributed by atoms with Crippen LogP contribution in [0.2, 0.25) is 0 Å². The van der Waals surface area contributed by atoms with E-state index in [1.165, 1.54) is 0 Å². The Morgan fingerprint density at radius 2 is 1.93 bits per heavy atom. The Morgan fingerprint density at radius 1 is 1.21 bits per heavy atom. The number of carbonyl (C=O) groups excluding carboxylic acids is 1. The number of nitrogens with one attached hydrogen (secondary N) is 1. The van der Waals surface area contributed by atoms with Crippen LogP contribution in [0.15, 0.2) is 24.3 Å². The summed E-state index contributed by atoms with van der Waals surface area (Å²) < 4.78 is 45.2. The molecule has 0 saturated carbocycles. The summed E-state index contributed by atoms with van der Waals surface area (Å²) in [4.78, 5) is 19.9. The molecule has 29 heavy (non-hydrogen) atoms. The molecule has 2 heterocycles. The van der Waals surface area contributed by atoms with Gasteiger partial charge in [-0.3, -0.25) is 4.79 Å². The topological polar surface area (TPSA) is 81.4 Å². The first-order valence-electron chi connectivity index (χ1n) is 9.02. The van der Waals surface area contributed by atoms with Crippen LogP contribution in [0.1, 0.15) is 36.1 Å². The van der Waals surface area contributed by atoms with E-state index >= 15 is 0 Å². The summed E-state index contributed by atoms with van der Waals surface area (Å²) in [5, 5.41) is 6.31. The number of aromatic nitrogens is 4. The first-order valence-corrected chi connectivity index (χ1v) is 9.02. The lowest BCUT2D eigenvalue weighted by molar-refractivity contribution is -0.144. The number of alkyl halides is 3. The van der Waals surface area contributed by atoms with Crippen LogP contribution in [0.4, 0.5) is 18.9 Å². The van der Waals surface area contributed by atoms with Crippen molar-refractivity contribution in [3.8, 4) is 5.75 Å². The second kappa shape index (κ2) is 8.06. The minimum atomic E-state index is -4.65. The molecule has 0 saturated heterocycles. The largest absolute Gasteiger partial charge is 0.492 e. The molecule has 0 bridgehead atoms. The van der Waals surface area contributed by atoms with Crippen molar-refractivity contribution in [1.29, 1.82) is 0 Å². The molecular formula is C19H20F3N5O2. The van der Waals surface area contributed by atoms with Gasteiger partial charge in [0.25, 0.3) is 11.6 Å². The number of benzene rings is 1. The third-order valence-corrected chi connectivity index (χ3v) is 4.37. The molecule has 7 nitrogen and oxygen atoms in total. The lowest BCUT2D eigenvalue weighted by Crippen LogP contribution is -2.15. The lowest BCUT2D eigenvalue weighted by Gasteiger charge is -2.12. The van der Waals surface area contributed by atoms with Gasteiger partial charge in [-0.1, -0.05) is 12.1 Å². The summed E-state index contributed by atoms with van der Waals surface area (Å²) in [5.74, 6) is -1.03. The molecular weight excluding hydrogens is 387 g/mol. The van der Waals surface area contributed by atoms with Crippen LogP contribution in [0.3, 0.4) is 0 Å². The van der Waals surface area contributed by atoms with Crippen molar-refractivity contribution in [3.63, 3.8) is 0 Å². The second-order valence-corrected chi connectivity index (χ2v) is 6.38. The Balaban J connectivity index is 1.77. The zero-order chi connectivity index (χ0) is 21.2. The fraction of sp³-hybridized carbons (Fsp3) is 0.368. The van der Waals surface area contributed by atoms with Crippen LogP contribution < -0.4 is 10.1 Å². The molecule has 0 aliphatic rings. The highest BCUT2D eigenvalue weighted by Gasteiger charge is 2.36. The molecule has 0 aliphatic carbocycles. The molecule has 0 radical (unpaired) electrons. The summed E-state index contributed by atoms with van der Waals surface area (Å²) in [6, 6.07) is 7.09. The van der Waals surface area contributed by atoms with E-state index in [1.807, 2.05) is 13.0 Å². The van der Waals surface area contributed by atoms with E-state index in [1.54, 1.807) is 32.0 Å². The SMILES string of the molecule is CCOc1ccccc1NC(=O)CCc1c(C)nc2nc(C(F)(F)F)nn2c1C. The summed E-state index contributed by atoms with van der Waals surface area (Å²) in [7, 11) is 0. The van der Waals surface area contributed by atoms with Crippen molar-refractivity contribution in [2.45, 2.75) is 39.8 Å². The fourth-order valence-electron chi connectivity index (χ4n) is 2.99. The number of para-hydroxylation sites is 2. The number of hydrogen-bond donors (Lipinski definition) is 1. The first-order chi connectivity index (χ1) is 13.7. The molecule has 2 aromatic heterocycles. The number of fused-ring (bicyclic) bond motifs is 1. The number of anilines is 1. The standard InChI is InChI=1S/C19H20F3N5O2/c1-4-29-15-8-6-5-7-14(15)24-16(28)10-9-13-11(2)23-18-25-17(19(20,21)22)26-27(18)12(13)3/h5-8H,4,9-10H2,1-3H3,(H,24,28). The van der Waals surface area contributed by atoms with Crippen LogP contribution in [0.25, 0.3) is 5.78 Å². The van der Waals surface area contributed by atoms with Crippen LogP contribution in [-0.4, -0.2) is 32.1 Å². The fourth-order valence-corrected chi connectivity index (χ4v) is 2.99. The van der Waals surface area contributed by atoms with E-state index < -0.39 is 12.0 Å². The van der Waals surface area contributed by atoms with Gasteiger partial charge in [0.15, 0.2) is 0 Å². The summed E-state index contributed by atoms with van der Waals surface area (Å²) in [6.07, 6.45) is -4.23. The number of ether oxygens (including phenoxy) is 1. The minimum Gasteiger partial charge on any atom is -0.492 e. The smallest absolute Gasteiger partial charge is 0.453 e. The first kappa shape index (κ1) is 20.6. The van der Waals surface area contributed by atoms with E-state index in [2.05, 4.69) is 20.4 Å². The summed E-state index contributed by atoms with van der Waals surface area (Å²) >= 11 is 0. The Hall–Kier alpha value is -3.17. The van der Waals surface area contributed by atoms with Crippen LogP contribution in [-0.2, 0) is 17.4 Å². The molecule has 3 rings (SSSR count). The number of nitrogens with zero attached hydrogens (tertiary/aromatic N) is 4. The summed E-state index contributed by atoms with van der Waals surface area (Å²) in [5.41, 5.74) is 2.20. The molecule has 0 aliphatic heterocycles. The van der Waals surface area contributed by atoms with Crippen LogP contribution in [0.5, 0.6) is 5.75 Å². The van der Waals surface area contributed by atoms with Gasteiger partial charge < -0.3 is 10.1 Å². The molecule has 154 valence electrons. The predicted octanol–water partition coefficient (Wildman–Crippen LogP) is 3.73. The normalized spacial score (nSPS) is 11.7. The van der Waals surface area contributed by atoms with E-state index in [0.29, 0.717) is 41.4 Å². The Labute approximate surface area is 164 Å². The third kappa shape index (κ3) is 4.47. The number of hydrogen-bond acceptors (Lipinski definition) is 5. The van der Waals surface area contributed by atoms with E-state index in [4.69, 9.17) is 4.74 Å². The molecule has 0 fully saturated rings. The van der Waals surface area contributed by atoms with Crippen LogP contribution in [0, 0.1) is 13.8 Å². The molecule has 0 unspecified atom stereocenters. The quantitative estimate of drug-likeness (QED) is 0.673. The zero-order valence-corrected chi connectivity index (χ0v) is 16.2. The zero-order valence-electron chi connectivity index (χ0n) is 16.2. The highest BCUT2D eigenvalue weighted by atomic mass is 19.4. The number of aryl methyl sites for hydroxylation is 2. The molecule has 3 aromatic rings. The van der Waals surface area contributed by atoms with Gasteiger partial charge in [0.1, 0.15) is 5.75 Å². The van der Waals surface area contributed by atoms with Gasteiger partial charge in [-0.05, 0) is 44.9 Å². The maximum absolute atomic E-state index is 12.9. The van der Waals surface area contributed by atoms with E-state index in [9.17, 15) is 18.0 Å². The molecule has 1 amide bonds. The van der Waals surface area contributed by atoms with Gasteiger partial charge in [0.05, 0.1) is 12.3 Å². The third-order valence-electron chi connectivity index (χ3n) is 4.37. The Bertz CT molecular complexity index is 1050. The number of amides is 1.